The number of fused-ring (bicyclic) bond motifs is 1. The fourth-order valence-electron chi connectivity index (χ4n) is 3.25. The van der Waals surface area contributed by atoms with E-state index in [1.54, 1.807) is 12.1 Å². The average Bonchev–Trinajstić information content (AvgIpc) is 2.61. The standard InChI is InChI=1S/C19H23NO4S/c1-19(2)11-12-20(16-8-6-5-7-15(16)19)25(21,22)18-13-14(23-3)9-10-17(18)24-4/h5-10,13H,11-12H2,1-4H3. The van der Waals surface area contributed by atoms with Crippen molar-refractivity contribution in [3.05, 3.63) is 48.0 Å². The highest BCUT2D eigenvalue weighted by atomic mass is 32.2. The number of rotatable bonds is 4. The van der Waals surface area contributed by atoms with E-state index < -0.39 is 10.0 Å². The van der Waals surface area contributed by atoms with Crippen LogP contribution in [0.15, 0.2) is 47.4 Å². The first-order chi connectivity index (χ1) is 11.8. The number of ether oxygens (including phenoxy) is 2. The minimum Gasteiger partial charge on any atom is -0.497 e. The lowest BCUT2D eigenvalue weighted by molar-refractivity contribution is 0.392. The molecule has 0 aromatic heterocycles. The number of para-hydroxylation sites is 1. The van der Waals surface area contributed by atoms with Gasteiger partial charge in [0.1, 0.15) is 16.4 Å². The van der Waals surface area contributed by atoms with Crippen LogP contribution in [0.5, 0.6) is 11.5 Å². The van der Waals surface area contributed by atoms with Gasteiger partial charge >= 0.3 is 0 Å². The molecule has 2 aromatic rings. The van der Waals surface area contributed by atoms with E-state index in [-0.39, 0.29) is 10.3 Å². The van der Waals surface area contributed by atoms with Gasteiger partial charge < -0.3 is 9.47 Å². The number of nitrogens with zero attached hydrogens (tertiary/aromatic N) is 1. The Hall–Kier alpha value is -2.21. The van der Waals surface area contributed by atoms with E-state index in [0.717, 1.165) is 17.7 Å². The maximum atomic E-state index is 13.4. The van der Waals surface area contributed by atoms with E-state index in [1.807, 2.05) is 24.3 Å². The van der Waals surface area contributed by atoms with Crippen LogP contribution >= 0.6 is 0 Å². The van der Waals surface area contributed by atoms with Gasteiger partial charge in [-0.25, -0.2) is 8.42 Å². The highest BCUT2D eigenvalue weighted by Crippen LogP contribution is 2.43. The van der Waals surface area contributed by atoms with Crippen molar-refractivity contribution < 1.29 is 17.9 Å². The molecule has 5 nitrogen and oxygen atoms in total. The number of methoxy groups -OCH3 is 2. The molecule has 0 radical (unpaired) electrons. The van der Waals surface area contributed by atoms with Gasteiger partial charge in [-0.15, -0.1) is 0 Å². The summed E-state index contributed by atoms with van der Waals surface area (Å²) >= 11 is 0. The largest absolute Gasteiger partial charge is 0.497 e. The molecule has 25 heavy (non-hydrogen) atoms. The average molecular weight is 361 g/mol. The zero-order valence-corrected chi connectivity index (χ0v) is 15.8. The number of anilines is 1. The number of sulfonamides is 1. The van der Waals surface area contributed by atoms with Crippen molar-refractivity contribution >= 4 is 15.7 Å². The SMILES string of the molecule is COc1ccc(OC)c(S(=O)(=O)N2CCC(C)(C)c3ccccc32)c1. The van der Waals surface area contributed by atoms with E-state index in [1.165, 1.54) is 24.6 Å². The first kappa shape index (κ1) is 17.6. The lowest BCUT2D eigenvalue weighted by atomic mass is 9.78. The summed E-state index contributed by atoms with van der Waals surface area (Å²) in [7, 11) is -0.795. The molecule has 1 heterocycles. The maximum absolute atomic E-state index is 13.4. The van der Waals surface area contributed by atoms with Gasteiger partial charge in [-0.05, 0) is 35.6 Å². The Morgan fingerprint density at radius 3 is 2.44 bits per heavy atom. The molecule has 0 atom stereocenters. The molecule has 0 bridgehead atoms. The number of benzene rings is 2. The quantitative estimate of drug-likeness (QED) is 0.835. The second-order valence-corrected chi connectivity index (χ2v) is 8.58. The van der Waals surface area contributed by atoms with Crippen molar-refractivity contribution in [2.75, 3.05) is 25.1 Å². The summed E-state index contributed by atoms with van der Waals surface area (Å²) < 4.78 is 38.8. The van der Waals surface area contributed by atoms with E-state index in [4.69, 9.17) is 9.47 Å². The van der Waals surface area contributed by atoms with Crippen LogP contribution in [0.3, 0.4) is 0 Å². The van der Waals surface area contributed by atoms with Crippen molar-refractivity contribution in [2.45, 2.75) is 30.6 Å². The van der Waals surface area contributed by atoms with Crippen LogP contribution in [0.1, 0.15) is 25.8 Å². The molecule has 1 aliphatic rings. The molecule has 0 aliphatic carbocycles. The molecule has 0 spiro atoms. The first-order valence-electron chi connectivity index (χ1n) is 8.15. The number of hydrogen-bond donors (Lipinski definition) is 0. The third kappa shape index (κ3) is 2.95. The van der Waals surface area contributed by atoms with Crippen molar-refractivity contribution in [1.82, 2.24) is 0 Å². The van der Waals surface area contributed by atoms with Crippen molar-refractivity contribution in [3.8, 4) is 11.5 Å². The van der Waals surface area contributed by atoms with Crippen LogP contribution in [0.2, 0.25) is 0 Å². The molecule has 0 amide bonds. The molecule has 134 valence electrons. The van der Waals surface area contributed by atoms with Crippen molar-refractivity contribution in [1.29, 1.82) is 0 Å². The van der Waals surface area contributed by atoms with Crippen LogP contribution in [0.4, 0.5) is 5.69 Å². The third-order valence-corrected chi connectivity index (χ3v) is 6.61. The molecule has 0 saturated heterocycles. The fraction of sp³-hybridized carbons (Fsp3) is 0.368. The summed E-state index contributed by atoms with van der Waals surface area (Å²) in [5.74, 6) is 0.785. The Bertz CT molecular complexity index is 890. The zero-order chi connectivity index (χ0) is 18.2. The molecule has 0 unspecified atom stereocenters. The van der Waals surface area contributed by atoms with Crippen molar-refractivity contribution in [3.63, 3.8) is 0 Å². The molecule has 6 heteroatoms. The van der Waals surface area contributed by atoms with Gasteiger partial charge in [0.05, 0.1) is 19.9 Å². The highest BCUT2D eigenvalue weighted by Gasteiger charge is 2.37. The summed E-state index contributed by atoms with van der Waals surface area (Å²) in [6.07, 6.45) is 0.746. The van der Waals surface area contributed by atoms with Gasteiger partial charge in [0.15, 0.2) is 0 Å². The summed E-state index contributed by atoms with van der Waals surface area (Å²) in [5.41, 5.74) is 1.69. The van der Waals surface area contributed by atoms with Gasteiger partial charge in [0.2, 0.25) is 0 Å². The lowest BCUT2D eigenvalue weighted by Gasteiger charge is -2.39. The summed E-state index contributed by atoms with van der Waals surface area (Å²) in [4.78, 5) is 0.115. The zero-order valence-electron chi connectivity index (χ0n) is 14.9. The van der Waals surface area contributed by atoms with Gasteiger partial charge in [0, 0.05) is 12.6 Å². The summed E-state index contributed by atoms with van der Waals surface area (Å²) in [6, 6.07) is 12.5. The van der Waals surface area contributed by atoms with Gasteiger partial charge in [-0.3, -0.25) is 4.31 Å². The Balaban J connectivity index is 2.16. The van der Waals surface area contributed by atoms with E-state index >= 15 is 0 Å². The second kappa shape index (κ2) is 6.26. The summed E-state index contributed by atoms with van der Waals surface area (Å²) in [5, 5.41) is 0. The fourth-order valence-corrected chi connectivity index (χ4v) is 4.91. The molecule has 0 fully saturated rings. The van der Waals surface area contributed by atoms with Gasteiger partial charge in [0.25, 0.3) is 10.0 Å². The van der Waals surface area contributed by atoms with E-state index in [2.05, 4.69) is 13.8 Å². The van der Waals surface area contributed by atoms with E-state index in [0.29, 0.717) is 18.0 Å². The third-order valence-electron chi connectivity index (χ3n) is 4.78. The van der Waals surface area contributed by atoms with Crippen LogP contribution in [0.25, 0.3) is 0 Å². The van der Waals surface area contributed by atoms with Crippen LogP contribution in [-0.4, -0.2) is 29.2 Å². The highest BCUT2D eigenvalue weighted by molar-refractivity contribution is 7.93. The normalized spacial score (nSPS) is 16.2. The molecule has 0 saturated carbocycles. The molecule has 1 aliphatic heterocycles. The van der Waals surface area contributed by atoms with Gasteiger partial charge in [-0.1, -0.05) is 32.0 Å². The lowest BCUT2D eigenvalue weighted by Crippen LogP contribution is -2.41. The minimum atomic E-state index is -3.77. The Morgan fingerprint density at radius 1 is 1.04 bits per heavy atom. The Kier molecular flexibility index (Phi) is 4.41. The van der Waals surface area contributed by atoms with Gasteiger partial charge in [-0.2, -0.15) is 0 Å². The first-order valence-corrected chi connectivity index (χ1v) is 9.59. The predicted molar refractivity (Wildman–Crippen MR) is 98.2 cm³/mol. The monoisotopic (exact) mass is 361 g/mol. The van der Waals surface area contributed by atoms with Crippen molar-refractivity contribution in [2.24, 2.45) is 0 Å². The Morgan fingerprint density at radius 2 is 1.76 bits per heavy atom. The van der Waals surface area contributed by atoms with E-state index in [9.17, 15) is 8.42 Å². The van der Waals surface area contributed by atoms with Crippen LogP contribution in [0, 0.1) is 0 Å². The molecular weight excluding hydrogens is 338 g/mol. The maximum Gasteiger partial charge on any atom is 0.268 e. The van der Waals surface area contributed by atoms with Crippen LogP contribution < -0.4 is 13.8 Å². The van der Waals surface area contributed by atoms with Crippen LogP contribution in [-0.2, 0) is 15.4 Å². The number of hydrogen-bond acceptors (Lipinski definition) is 4. The minimum absolute atomic E-state index is 0.0684. The summed E-state index contributed by atoms with van der Waals surface area (Å²) in [6.45, 7) is 4.70. The molecule has 0 N–H and O–H groups in total. The predicted octanol–water partition coefficient (Wildman–Crippen LogP) is 3.58. The molecule has 3 rings (SSSR count). The molecular formula is C19H23NO4S. The smallest absolute Gasteiger partial charge is 0.268 e. The Labute approximate surface area is 149 Å². The second-order valence-electron chi connectivity index (χ2n) is 6.74. The topological polar surface area (TPSA) is 55.8 Å². The molecule has 2 aromatic carbocycles.